The Morgan fingerprint density at radius 1 is 1.22 bits per heavy atom. The standard InChI is InChI=1S/C14H21NO3/c1-9(2)14(16)11(8-15)10-3-4-12-13(7-10)18-6-5-17-12/h3-4,7,9,11,14,16H,5-6,8,15H2,1-2H3. The molecule has 2 rings (SSSR count). The van der Waals surface area contributed by atoms with E-state index in [4.69, 9.17) is 15.2 Å². The Morgan fingerprint density at radius 2 is 1.89 bits per heavy atom. The zero-order valence-electron chi connectivity index (χ0n) is 10.9. The zero-order chi connectivity index (χ0) is 13.1. The van der Waals surface area contributed by atoms with Gasteiger partial charge >= 0.3 is 0 Å². The van der Waals surface area contributed by atoms with Gasteiger partial charge in [0.05, 0.1) is 6.10 Å². The van der Waals surface area contributed by atoms with E-state index in [2.05, 4.69) is 0 Å². The monoisotopic (exact) mass is 251 g/mol. The van der Waals surface area contributed by atoms with Crippen LogP contribution >= 0.6 is 0 Å². The molecule has 1 aliphatic rings. The fraction of sp³-hybridized carbons (Fsp3) is 0.571. The van der Waals surface area contributed by atoms with Crippen LogP contribution in [0.5, 0.6) is 11.5 Å². The van der Waals surface area contributed by atoms with Gasteiger partial charge in [-0.25, -0.2) is 0 Å². The Balaban J connectivity index is 2.26. The van der Waals surface area contributed by atoms with Crippen LogP contribution in [0.4, 0.5) is 0 Å². The highest BCUT2D eigenvalue weighted by Gasteiger charge is 2.24. The first kappa shape index (κ1) is 13.2. The van der Waals surface area contributed by atoms with Crippen molar-refractivity contribution in [3.63, 3.8) is 0 Å². The summed E-state index contributed by atoms with van der Waals surface area (Å²) in [6, 6.07) is 5.77. The van der Waals surface area contributed by atoms with Crippen LogP contribution in [0, 0.1) is 5.92 Å². The first-order valence-electron chi connectivity index (χ1n) is 6.41. The molecule has 0 amide bonds. The highest BCUT2D eigenvalue weighted by molar-refractivity contribution is 5.45. The Labute approximate surface area is 108 Å². The molecule has 1 heterocycles. The van der Waals surface area contributed by atoms with Gasteiger partial charge in [0.1, 0.15) is 13.2 Å². The normalized spacial score (nSPS) is 17.6. The minimum absolute atomic E-state index is 0.0687. The quantitative estimate of drug-likeness (QED) is 0.851. The number of aliphatic hydroxyl groups excluding tert-OH is 1. The second-order valence-electron chi connectivity index (χ2n) is 4.98. The molecule has 4 heteroatoms. The third-order valence-electron chi connectivity index (χ3n) is 3.34. The van der Waals surface area contributed by atoms with Gasteiger partial charge in [0, 0.05) is 12.5 Å². The number of ether oxygens (including phenoxy) is 2. The largest absolute Gasteiger partial charge is 0.486 e. The van der Waals surface area contributed by atoms with Crippen LogP contribution in [0.2, 0.25) is 0 Å². The lowest BCUT2D eigenvalue weighted by Gasteiger charge is -2.26. The van der Waals surface area contributed by atoms with E-state index in [1.54, 1.807) is 0 Å². The average Bonchev–Trinajstić information content (AvgIpc) is 2.39. The number of hydrogen-bond donors (Lipinski definition) is 2. The van der Waals surface area contributed by atoms with Crippen molar-refractivity contribution >= 4 is 0 Å². The summed E-state index contributed by atoms with van der Waals surface area (Å²) in [5.41, 5.74) is 6.79. The van der Waals surface area contributed by atoms with Crippen LogP contribution in [-0.4, -0.2) is 31.0 Å². The summed E-state index contributed by atoms with van der Waals surface area (Å²) in [7, 11) is 0. The second-order valence-corrected chi connectivity index (χ2v) is 4.98. The Bertz CT molecular complexity index is 406. The van der Waals surface area contributed by atoms with Crippen molar-refractivity contribution in [2.24, 2.45) is 11.7 Å². The lowest BCUT2D eigenvalue weighted by Crippen LogP contribution is -2.30. The van der Waals surface area contributed by atoms with Crippen LogP contribution in [0.3, 0.4) is 0 Å². The number of aliphatic hydroxyl groups is 1. The molecule has 2 atom stereocenters. The smallest absolute Gasteiger partial charge is 0.161 e. The summed E-state index contributed by atoms with van der Waals surface area (Å²) in [5, 5.41) is 10.2. The predicted octanol–water partition coefficient (Wildman–Crippen LogP) is 1.52. The van der Waals surface area contributed by atoms with E-state index < -0.39 is 6.10 Å². The van der Waals surface area contributed by atoms with Gasteiger partial charge in [-0.05, 0) is 23.6 Å². The number of benzene rings is 1. The van der Waals surface area contributed by atoms with Crippen molar-refractivity contribution in [1.29, 1.82) is 0 Å². The molecule has 3 N–H and O–H groups in total. The van der Waals surface area contributed by atoms with Crippen molar-refractivity contribution in [3.8, 4) is 11.5 Å². The van der Waals surface area contributed by atoms with Gasteiger partial charge < -0.3 is 20.3 Å². The van der Waals surface area contributed by atoms with E-state index in [0.29, 0.717) is 19.8 Å². The summed E-state index contributed by atoms with van der Waals surface area (Å²) in [4.78, 5) is 0. The lowest BCUT2D eigenvalue weighted by molar-refractivity contribution is 0.0982. The first-order valence-corrected chi connectivity index (χ1v) is 6.41. The third kappa shape index (κ3) is 2.60. The third-order valence-corrected chi connectivity index (χ3v) is 3.34. The molecule has 0 aliphatic carbocycles. The number of rotatable bonds is 4. The molecule has 0 fully saturated rings. The van der Waals surface area contributed by atoms with E-state index in [1.165, 1.54) is 0 Å². The van der Waals surface area contributed by atoms with Crippen molar-refractivity contribution in [2.45, 2.75) is 25.9 Å². The lowest BCUT2D eigenvalue weighted by atomic mass is 9.87. The number of hydrogen-bond acceptors (Lipinski definition) is 4. The molecule has 2 unspecified atom stereocenters. The molecular weight excluding hydrogens is 230 g/mol. The molecule has 100 valence electrons. The molecule has 0 saturated heterocycles. The van der Waals surface area contributed by atoms with Gasteiger partial charge in [0.2, 0.25) is 0 Å². The van der Waals surface area contributed by atoms with Gasteiger partial charge in [0.15, 0.2) is 11.5 Å². The molecular formula is C14H21NO3. The highest BCUT2D eigenvalue weighted by Crippen LogP contribution is 2.34. The number of nitrogens with two attached hydrogens (primary N) is 1. The molecule has 18 heavy (non-hydrogen) atoms. The molecule has 0 bridgehead atoms. The van der Waals surface area contributed by atoms with Crippen molar-refractivity contribution in [2.75, 3.05) is 19.8 Å². The highest BCUT2D eigenvalue weighted by atomic mass is 16.6. The molecule has 1 aliphatic heterocycles. The fourth-order valence-electron chi connectivity index (χ4n) is 2.23. The molecule has 0 aromatic heterocycles. The van der Waals surface area contributed by atoms with Crippen LogP contribution in [0.15, 0.2) is 18.2 Å². The van der Waals surface area contributed by atoms with E-state index in [-0.39, 0.29) is 11.8 Å². The Hall–Kier alpha value is -1.26. The van der Waals surface area contributed by atoms with Gasteiger partial charge in [0.25, 0.3) is 0 Å². The minimum Gasteiger partial charge on any atom is -0.486 e. The zero-order valence-corrected chi connectivity index (χ0v) is 10.9. The van der Waals surface area contributed by atoms with Crippen LogP contribution in [0.25, 0.3) is 0 Å². The van der Waals surface area contributed by atoms with E-state index in [0.717, 1.165) is 17.1 Å². The van der Waals surface area contributed by atoms with E-state index >= 15 is 0 Å². The van der Waals surface area contributed by atoms with Gasteiger partial charge in [-0.2, -0.15) is 0 Å². The Kier molecular flexibility index (Phi) is 4.09. The summed E-state index contributed by atoms with van der Waals surface area (Å²) in [5.74, 6) is 1.61. The summed E-state index contributed by atoms with van der Waals surface area (Å²) < 4.78 is 11.0. The van der Waals surface area contributed by atoms with E-state index in [9.17, 15) is 5.11 Å². The molecule has 4 nitrogen and oxygen atoms in total. The fourth-order valence-corrected chi connectivity index (χ4v) is 2.23. The summed E-state index contributed by atoms with van der Waals surface area (Å²) >= 11 is 0. The maximum absolute atomic E-state index is 10.2. The van der Waals surface area contributed by atoms with Crippen molar-refractivity contribution in [1.82, 2.24) is 0 Å². The molecule has 1 aromatic carbocycles. The first-order chi connectivity index (χ1) is 8.63. The van der Waals surface area contributed by atoms with Gasteiger partial charge in [-0.1, -0.05) is 19.9 Å². The van der Waals surface area contributed by atoms with E-state index in [1.807, 2.05) is 32.0 Å². The number of fused-ring (bicyclic) bond motifs is 1. The second kappa shape index (κ2) is 5.59. The topological polar surface area (TPSA) is 64.7 Å². The molecule has 1 aromatic rings. The molecule has 0 spiro atoms. The molecule has 0 radical (unpaired) electrons. The maximum atomic E-state index is 10.2. The minimum atomic E-state index is -0.447. The van der Waals surface area contributed by atoms with Crippen molar-refractivity contribution in [3.05, 3.63) is 23.8 Å². The maximum Gasteiger partial charge on any atom is 0.161 e. The Morgan fingerprint density at radius 3 is 2.50 bits per heavy atom. The van der Waals surface area contributed by atoms with Crippen LogP contribution in [0.1, 0.15) is 25.3 Å². The van der Waals surface area contributed by atoms with Crippen LogP contribution < -0.4 is 15.2 Å². The van der Waals surface area contributed by atoms with Crippen molar-refractivity contribution < 1.29 is 14.6 Å². The summed E-state index contributed by atoms with van der Waals surface area (Å²) in [6.07, 6.45) is -0.447. The SMILES string of the molecule is CC(C)C(O)C(CN)c1ccc2c(c1)OCCO2. The molecule has 0 saturated carbocycles. The van der Waals surface area contributed by atoms with Gasteiger partial charge in [-0.3, -0.25) is 0 Å². The predicted molar refractivity (Wildman–Crippen MR) is 70.1 cm³/mol. The van der Waals surface area contributed by atoms with Gasteiger partial charge in [-0.15, -0.1) is 0 Å². The van der Waals surface area contributed by atoms with Crippen LogP contribution in [-0.2, 0) is 0 Å². The average molecular weight is 251 g/mol. The summed E-state index contributed by atoms with van der Waals surface area (Å²) in [6.45, 7) is 5.55.